The number of hydrogen-bond acceptors (Lipinski definition) is 14. The largest absolute Gasteiger partial charge is 0.463 e. The zero-order chi connectivity index (χ0) is 39.6. The summed E-state index contributed by atoms with van der Waals surface area (Å²) in [4.78, 5) is 75.7. The standard InChI is InChI=1S/C40H43NO14/c1-22(51-39-37(54-26(5)45)36(53-25(4)44)35(52-24(3)43)33(55-39)21-48-23(2)42)34(38(46)49-19-27-13-7-6-8-14-27)41-40(47)50-20-32-30-17-11-9-15-28(30)29-16-10-12-18-31(29)32/h6-18,22,32-37,39H,19-21H2,1-5H3,(H,41,47)/t22-,33-,34+,35+,36+,37-,39-/m1/s1. The zero-order valence-corrected chi connectivity index (χ0v) is 31.0. The molecular formula is C40H43NO14. The first-order chi connectivity index (χ1) is 26.3. The van der Waals surface area contributed by atoms with Crippen LogP contribution in [0.25, 0.3) is 11.1 Å². The summed E-state index contributed by atoms with van der Waals surface area (Å²) >= 11 is 0. The van der Waals surface area contributed by atoms with Gasteiger partial charge in [0.05, 0.1) is 6.10 Å². The van der Waals surface area contributed by atoms with Gasteiger partial charge in [0.2, 0.25) is 0 Å². The summed E-state index contributed by atoms with van der Waals surface area (Å²) in [5.74, 6) is -4.36. The van der Waals surface area contributed by atoms with Gasteiger partial charge in [-0.15, -0.1) is 0 Å². The Balaban J connectivity index is 1.39. The molecule has 292 valence electrons. The normalized spacial score (nSPS) is 21.1. The van der Waals surface area contributed by atoms with E-state index in [2.05, 4.69) is 5.32 Å². The maximum Gasteiger partial charge on any atom is 0.407 e. The van der Waals surface area contributed by atoms with Crippen molar-refractivity contribution in [2.45, 2.75) is 90.0 Å². The topological polar surface area (TPSA) is 188 Å². The van der Waals surface area contributed by atoms with Crippen molar-refractivity contribution in [3.8, 4) is 11.1 Å². The van der Waals surface area contributed by atoms with E-state index in [-0.39, 0.29) is 19.1 Å². The number of carbonyl (C=O) groups excluding carboxylic acids is 6. The highest BCUT2D eigenvalue weighted by molar-refractivity contribution is 5.82. The first-order valence-corrected chi connectivity index (χ1v) is 17.6. The SMILES string of the molecule is CC(=O)OC[C@H]1O[C@@H](O[C@H](C)[C@H](NC(=O)OCC2c3ccccc3-c3ccccc32)C(=O)OCc2ccccc2)[C@H](OC(C)=O)[C@@H](OC(C)=O)[C@H]1OC(C)=O. The fourth-order valence-corrected chi connectivity index (χ4v) is 6.54. The van der Waals surface area contributed by atoms with E-state index in [1.165, 1.54) is 6.92 Å². The summed E-state index contributed by atoms with van der Waals surface area (Å²) in [5, 5.41) is 2.55. The number of amides is 1. The van der Waals surface area contributed by atoms with E-state index >= 15 is 0 Å². The lowest BCUT2D eigenvalue weighted by Gasteiger charge is -2.45. The van der Waals surface area contributed by atoms with Gasteiger partial charge in [-0.25, -0.2) is 9.59 Å². The van der Waals surface area contributed by atoms with E-state index in [0.717, 1.165) is 49.9 Å². The predicted molar refractivity (Wildman–Crippen MR) is 191 cm³/mol. The van der Waals surface area contributed by atoms with Crippen molar-refractivity contribution >= 4 is 35.9 Å². The minimum Gasteiger partial charge on any atom is -0.463 e. The number of rotatable bonds is 14. The van der Waals surface area contributed by atoms with Gasteiger partial charge in [0.1, 0.15) is 25.9 Å². The smallest absolute Gasteiger partial charge is 0.407 e. The van der Waals surface area contributed by atoms with Crippen LogP contribution in [0.1, 0.15) is 57.2 Å². The summed E-state index contributed by atoms with van der Waals surface area (Å²) in [6.45, 7) is 5.14. The summed E-state index contributed by atoms with van der Waals surface area (Å²) in [7, 11) is 0. The van der Waals surface area contributed by atoms with Crippen LogP contribution in [-0.2, 0) is 68.5 Å². The molecular weight excluding hydrogens is 718 g/mol. The third kappa shape index (κ3) is 10.5. The monoisotopic (exact) mass is 761 g/mol. The summed E-state index contributed by atoms with van der Waals surface area (Å²) in [5.41, 5.74) is 4.69. The Kier molecular flexibility index (Phi) is 13.6. The van der Waals surface area contributed by atoms with Gasteiger partial charge >= 0.3 is 35.9 Å². The molecule has 7 atom stereocenters. The fourth-order valence-electron chi connectivity index (χ4n) is 6.54. The first kappa shape index (κ1) is 40.4. The molecule has 0 bridgehead atoms. The maximum absolute atomic E-state index is 13.7. The molecule has 1 N–H and O–H groups in total. The number of ether oxygens (including phenoxy) is 8. The number of hydrogen-bond donors (Lipinski definition) is 1. The fraction of sp³-hybridized carbons (Fsp3) is 0.400. The van der Waals surface area contributed by atoms with Crippen LogP contribution < -0.4 is 5.32 Å². The molecule has 1 heterocycles. The van der Waals surface area contributed by atoms with Gasteiger partial charge in [0.25, 0.3) is 0 Å². The molecule has 0 spiro atoms. The van der Waals surface area contributed by atoms with Gasteiger partial charge in [-0.3, -0.25) is 19.2 Å². The Morgan fingerprint density at radius 2 is 1.18 bits per heavy atom. The van der Waals surface area contributed by atoms with E-state index in [0.29, 0.717) is 5.56 Å². The highest BCUT2D eigenvalue weighted by Gasteiger charge is 2.53. The molecule has 1 amide bonds. The average molecular weight is 762 g/mol. The van der Waals surface area contributed by atoms with Gasteiger partial charge < -0.3 is 43.2 Å². The van der Waals surface area contributed by atoms with E-state index in [9.17, 15) is 28.8 Å². The van der Waals surface area contributed by atoms with Crippen molar-refractivity contribution < 1.29 is 66.7 Å². The third-order valence-electron chi connectivity index (χ3n) is 8.86. The zero-order valence-electron chi connectivity index (χ0n) is 31.0. The maximum atomic E-state index is 13.7. The van der Waals surface area contributed by atoms with Crippen LogP contribution in [0.3, 0.4) is 0 Å². The van der Waals surface area contributed by atoms with Crippen molar-refractivity contribution in [2.24, 2.45) is 0 Å². The molecule has 3 aromatic carbocycles. The lowest BCUT2D eigenvalue weighted by Crippen LogP contribution is -2.64. The van der Waals surface area contributed by atoms with Crippen LogP contribution in [0.4, 0.5) is 4.79 Å². The van der Waals surface area contributed by atoms with Crippen molar-refractivity contribution in [3.05, 3.63) is 95.6 Å². The molecule has 15 heteroatoms. The second kappa shape index (κ2) is 18.5. The van der Waals surface area contributed by atoms with E-state index in [1.54, 1.807) is 30.3 Å². The van der Waals surface area contributed by atoms with Gasteiger partial charge in [0.15, 0.2) is 30.6 Å². The number of esters is 5. The number of nitrogens with one attached hydrogen (secondary N) is 1. The molecule has 2 aliphatic rings. The Hall–Kier alpha value is -5.80. The minimum atomic E-state index is -1.63. The van der Waals surface area contributed by atoms with Gasteiger partial charge in [0, 0.05) is 33.6 Å². The lowest BCUT2D eigenvalue weighted by atomic mass is 9.98. The molecule has 0 aromatic heterocycles. The van der Waals surface area contributed by atoms with Crippen LogP contribution in [0.5, 0.6) is 0 Å². The number of benzene rings is 3. The van der Waals surface area contributed by atoms with Gasteiger partial charge in [-0.2, -0.15) is 0 Å². The lowest BCUT2D eigenvalue weighted by molar-refractivity contribution is -0.317. The Morgan fingerprint density at radius 3 is 1.76 bits per heavy atom. The highest BCUT2D eigenvalue weighted by atomic mass is 16.7. The van der Waals surface area contributed by atoms with Gasteiger partial charge in [-0.1, -0.05) is 78.9 Å². The van der Waals surface area contributed by atoms with Crippen LogP contribution in [-0.4, -0.2) is 92.0 Å². The van der Waals surface area contributed by atoms with Gasteiger partial charge in [-0.05, 0) is 34.7 Å². The van der Waals surface area contributed by atoms with Crippen molar-refractivity contribution in [3.63, 3.8) is 0 Å². The first-order valence-electron chi connectivity index (χ1n) is 17.6. The Bertz CT molecular complexity index is 1820. The van der Waals surface area contributed by atoms with E-state index in [1.807, 2.05) is 48.5 Å². The molecule has 1 saturated heterocycles. The van der Waals surface area contributed by atoms with Crippen molar-refractivity contribution in [2.75, 3.05) is 13.2 Å². The summed E-state index contributed by atoms with van der Waals surface area (Å²) < 4.78 is 45.0. The van der Waals surface area contributed by atoms with Crippen LogP contribution in [0, 0.1) is 0 Å². The Morgan fingerprint density at radius 1 is 0.636 bits per heavy atom. The second-order valence-corrected chi connectivity index (χ2v) is 12.9. The average Bonchev–Trinajstić information content (AvgIpc) is 3.46. The highest BCUT2D eigenvalue weighted by Crippen LogP contribution is 2.44. The molecule has 15 nitrogen and oxygen atoms in total. The quantitative estimate of drug-likeness (QED) is 0.182. The number of fused-ring (bicyclic) bond motifs is 3. The molecule has 0 unspecified atom stereocenters. The molecule has 1 aliphatic carbocycles. The minimum absolute atomic E-state index is 0.0550. The molecule has 1 aliphatic heterocycles. The molecule has 55 heavy (non-hydrogen) atoms. The van der Waals surface area contributed by atoms with Crippen molar-refractivity contribution in [1.29, 1.82) is 0 Å². The second-order valence-electron chi connectivity index (χ2n) is 12.9. The number of carbonyl (C=O) groups is 6. The van der Waals surface area contributed by atoms with Crippen LogP contribution in [0.2, 0.25) is 0 Å². The van der Waals surface area contributed by atoms with Crippen molar-refractivity contribution in [1.82, 2.24) is 5.32 Å². The number of alkyl carbamates (subject to hydrolysis) is 1. The Labute approximate surface area is 317 Å². The molecule has 5 rings (SSSR count). The third-order valence-corrected chi connectivity index (χ3v) is 8.86. The summed E-state index contributed by atoms with van der Waals surface area (Å²) in [6, 6.07) is 22.9. The van der Waals surface area contributed by atoms with Crippen LogP contribution >= 0.6 is 0 Å². The van der Waals surface area contributed by atoms with E-state index < -0.39 is 85.4 Å². The molecule has 0 radical (unpaired) electrons. The van der Waals surface area contributed by atoms with Crippen LogP contribution in [0.15, 0.2) is 78.9 Å². The molecule has 1 fully saturated rings. The summed E-state index contributed by atoms with van der Waals surface area (Å²) in [6.07, 6.45) is -9.72. The molecule has 0 saturated carbocycles. The van der Waals surface area contributed by atoms with E-state index in [4.69, 9.17) is 37.9 Å². The predicted octanol–water partition coefficient (Wildman–Crippen LogP) is 4.13. The molecule has 3 aromatic rings.